The van der Waals surface area contributed by atoms with Gasteiger partial charge in [-0.15, -0.1) is 0 Å². The van der Waals surface area contributed by atoms with E-state index in [9.17, 15) is 14.7 Å². The monoisotopic (exact) mass is 355 g/mol. The molecule has 2 amide bonds. The van der Waals surface area contributed by atoms with Gasteiger partial charge in [0.2, 0.25) is 0 Å². The maximum absolute atomic E-state index is 12.7. The van der Waals surface area contributed by atoms with Crippen LogP contribution in [0, 0.1) is 13.8 Å². The number of imide groups is 1. The highest BCUT2D eigenvalue weighted by Gasteiger charge is 2.36. The first-order valence-corrected chi connectivity index (χ1v) is 8.44. The van der Waals surface area contributed by atoms with Crippen molar-refractivity contribution < 1.29 is 19.4 Å². The topological polar surface area (TPSA) is 66.8 Å². The molecule has 1 heterocycles. The number of hydrogen-bond donors (Lipinski definition) is 1. The van der Waals surface area contributed by atoms with Crippen molar-refractivity contribution in [2.45, 2.75) is 13.8 Å². The van der Waals surface area contributed by atoms with Gasteiger partial charge in [0.1, 0.15) is 0 Å². The van der Waals surface area contributed by atoms with Crippen LogP contribution in [0.15, 0.2) is 41.3 Å². The first kappa shape index (κ1) is 17.1. The van der Waals surface area contributed by atoms with Crippen LogP contribution in [0.4, 0.5) is 10.5 Å². The summed E-state index contributed by atoms with van der Waals surface area (Å²) in [4.78, 5) is 26.6. The van der Waals surface area contributed by atoms with E-state index in [2.05, 4.69) is 0 Å². The zero-order chi connectivity index (χ0) is 18.1. The maximum atomic E-state index is 12.7. The summed E-state index contributed by atoms with van der Waals surface area (Å²) in [5, 5.41) is 9.33. The number of phenolic OH excluding ortho intramolecular Hbond substituents is 1. The summed E-state index contributed by atoms with van der Waals surface area (Å²) in [6.45, 7) is 3.84. The molecule has 0 saturated carbocycles. The van der Waals surface area contributed by atoms with Gasteiger partial charge < -0.3 is 9.84 Å². The summed E-state index contributed by atoms with van der Waals surface area (Å²) in [7, 11) is 1.45. The van der Waals surface area contributed by atoms with Crippen LogP contribution < -0.4 is 9.64 Å². The van der Waals surface area contributed by atoms with Crippen molar-refractivity contribution in [1.29, 1.82) is 0 Å². The number of rotatable bonds is 3. The van der Waals surface area contributed by atoms with Crippen molar-refractivity contribution in [1.82, 2.24) is 0 Å². The zero-order valence-electron chi connectivity index (χ0n) is 14.1. The molecule has 0 atom stereocenters. The molecule has 25 heavy (non-hydrogen) atoms. The first-order valence-electron chi connectivity index (χ1n) is 7.63. The lowest BCUT2D eigenvalue weighted by molar-refractivity contribution is -0.113. The number of nitrogens with zero attached hydrogens (tertiary/aromatic N) is 1. The highest BCUT2D eigenvalue weighted by molar-refractivity contribution is 8.19. The fraction of sp³-hybridized carbons (Fsp3) is 0.158. The van der Waals surface area contributed by atoms with Crippen LogP contribution in [0.5, 0.6) is 11.5 Å². The van der Waals surface area contributed by atoms with Crippen molar-refractivity contribution in [2.75, 3.05) is 12.0 Å². The van der Waals surface area contributed by atoms with E-state index < -0.39 is 0 Å². The summed E-state index contributed by atoms with van der Waals surface area (Å²) in [6, 6.07) is 10.4. The van der Waals surface area contributed by atoms with Crippen molar-refractivity contribution in [3.05, 3.63) is 58.0 Å². The van der Waals surface area contributed by atoms with Crippen LogP contribution in [0.1, 0.15) is 16.7 Å². The molecule has 6 heteroatoms. The minimum Gasteiger partial charge on any atom is -0.504 e. The quantitative estimate of drug-likeness (QED) is 0.834. The van der Waals surface area contributed by atoms with E-state index >= 15 is 0 Å². The van der Waals surface area contributed by atoms with Crippen LogP contribution >= 0.6 is 11.8 Å². The third kappa shape index (κ3) is 3.25. The summed E-state index contributed by atoms with van der Waals surface area (Å²) in [6.07, 6.45) is 1.62. The molecule has 1 fully saturated rings. The standard InChI is InChI=1S/C19H17NO4S/c1-11-4-6-14(12(2)8-11)20-18(22)17(25-19(20)23)10-13-5-7-15(21)16(9-13)24-3/h4-10,21H,1-3H3/b17-10-. The van der Waals surface area contributed by atoms with Crippen molar-refractivity contribution >= 4 is 34.7 Å². The van der Waals surface area contributed by atoms with Crippen molar-refractivity contribution in [2.24, 2.45) is 0 Å². The highest BCUT2D eigenvalue weighted by atomic mass is 32.2. The Balaban J connectivity index is 1.96. The predicted molar refractivity (Wildman–Crippen MR) is 99.0 cm³/mol. The normalized spacial score (nSPS) is 16.0. The molecule has 0 bridgehead atoms. The Morgan fingerprint density at radius 3 is 2.56 bits per heavy atom. The third-order valence-electron chi connectivity index (χ3n) is 3.89. The van der Waals surface area contributed by atoms with E-state index in [4.69, 9.17) is 4.74 Å². The first-order chi connectivity index (χ1) is 11.9. The Bertz CT molecular complexity index is 904. The van der Waals surface area contributed by atoms with Crippen LogP contribution in [0.3, 0.4) is 0 Å². The average Bonchev–Trinajstić information content (AvgIpc) is 2.84. The van der Waals surface area contributed by atoms with E-state index in [1.54, 1.807) is 24.3 Å². The molecule has 1 N–H and O–H groups in total. The molecule has 2 aromatic rings. The average molecular weight is 355 g/mol. The molecule has 0 unspecified atom stereocenters. The molecule has 1 saturated heterocycles. The molecule has 0 aromatic heterocycles. The van der Waals surface area contributed by atoms with Crippen LogP contribution in [0.25, 0.3) is 6.08 Å². The Kier molecular flexibility index (Phi) is 4.55. The summed E-state index contributed by atoms with van der Waals surface area (Å²) in [5.74, 6) is -0.0283. The van der Waals surface area contributed by atoms with Gasteiger partial charge in [0.05, 0.1) is 17.7 Å². The maximum Gasteiger partial charge on any atom is 0.298 e. The number of aryl methyl sites for hydroxylation is 2. The number of phenols is 1. The minimum atomic E-state index is -0.353. The number of hydrogen-bond acceptors (Lipinski definition) is 5. The van der Waals surface area contributed by atoms with Gasteiger partial charge in [-0.3, -0.25) is 9.59 Å². The summed E-state index contributed by atoms with van der Waals surface area (Å²) < 4.78 is 5.07. The van der Waals surface area contributed by atoms with Crippen LogP contribution in [-0.2, 0) is 4.79 Å². The molecule has 1 aliphatic rings. The highest BCUT2D eigenvalue weighted by Crippen LogP contribution is 2.38. The van der Waals surface area contributed by atoms with Gasteiger partial charge in [0, 0.05) is 0 Å². The molecular formula is C19H17NO4S. The number of benzene rings is 2. The van der Waals surface area contributed by atoms with Gasteiger partial charge >= 0.3 is 0 Å². The molecule has 0 spiro atoms. The van der Waals surface area contributed by atoms with Gasteiger partial charge in [-0.1, -0.05) is 23.8 Å². The molecule has 3 rings (SSSR count). The van der Waals surface area contributed by atoms with E-state index in [-0.39, 0.29) is 16.9 Å². The number of amides is 2. The minimum absolute atomic E-state index is 0.0167. The lowest BCUT2D eigenvalue weighted by atomic mass is 10.1. The molecule has 2 aromatic carbocycles. The van der Waals surface area contributed by atoms with Gasteiger partial charge in [0.25, 0.3) is 11.1 Å². The zero-order valence-corrected chi connectivity index (χ0v) is 14.9. The van der Waals surface area contributed by atoms with Gasteiger partial charge in [-0.25, -0.2) is 4.90 Å². The van der Waals surface area contributed by atoms with Gasteiger partial charge in [-0.05, 0) is 61.0 Å². The molecular weight excluding hydrogens is 338 g/mol. The number of anilines is 1. The van der Waals surface area contributed by atoms with Crippen LogP contribution in [-0.4, -0.2) is 23.4 Å². The largest absolute Gasteiger partial charge is 0.504 e. The molecule has 5 nitrogen and oxygen atoms in total. The molecule has 0 aliphatic carbocycles. The SMILES string of the molecule is COc1cc(/C=C2\SC(=O)N(c3ccc(C)cc3C)C2=O)ccc1O. The van der Waals surface area contributed by atoms with Crippen molar-refractivity contribution in [3.8, 4) is 11.5 Å². The fourth-order valence-electron chi connectivity index (χ4n) is 2.67. The van der Waals surface area contributed by atoms with Crippen molar-refractivity contribution in [3.63, 3.8) is 0 Å². The van der Waals surface area contributed by atoms with E-state index in [0.717, 1.165) is 22.9 Å². The van der Waals surface area contributed by atoms with E-state index in [1.165, 1.54) is 18.1 Å². The smallest absolute Gasteiger partial charge is 0.298 e. The predicted octanol–water partition coefficient (Wildman–Crippen LogP) is 4.26. The van der Waals surface area contributed by atoms with Gasteiger partial charge in [0.15, 0.2) is 11.5 Å². The lowest BCUT2D eigenvalue weighted by Gasteiger charge is -2.15. The Labute approximate surface area is 149 Å². The van der Waals surface area contributed by atoms with Gasteiger partial charge in [-0.2, -0.15) is 0 Å². The number of methoxy groups -OCH3 is 1. The number of aromatic hydroxyl groups is 1. The fourth-order valence-corrected chi connectivity index (χ4v) is 3.50. The number of ether oxygens (including phenoxy) is 1. The second kappa shape index (κ2) is 6.64. The Morgan fingerprint density at radius 1 is 1.12 bits per heavy atom. The van der Waals surface area contributed by atoms with Crippen LogP contribution in [0.2, 0.25) is 0 Å². The van der Waals surface area contributed by atoms with E-state index in [1.807, 2.05) is 26.0 Å². The lowest BCUT2D eigenvalue weighted by Crippen LogP contribution is -2.28. The summed E-state index contributed by atoms with van der Waals surface area (Å²) in [5.41, 5.74) is 3.20. The summed E-state index contributed by atoms with van der Waals surface area (Å²) >= 11 is 0.897. The second-order valence-electron chi connectivity index (χ2n) is 5.74. The molecule has 1 aliphatic heterocycles. The number of carbonyl (C=O) groups excluding carboxylic acids is 2. The number of thioether (sulfide) groups is 1. The Hall–Kier alpha value is -2.73. The molecule has 0 radical (unpaired) electrons. The second-order valence-corrected chi connectivity index (χ2v) is 6.73. The Morgan fingerprint density at radius 2 is 1.88 bits per heavy atom. The third-order valence-corrected chi connectivity index (χ3v) is 4.76. The van der Waals surface area contributed by atoms with E-state index in [0.29, 0.717) is 21.9 Å². The molecule has 128 valence electrons. The number of carbonyl (C=O) groups is 2.